The van der Waals surface area contributed by atoms with Crippen molar-refractivity contribution in [2.75, 3.05) is 19.8 Å². The largest absolute Gasteiger partial charge is 0.464 e. The molecule has 1 aromatic heterocycles. The molecule has 4 nitrogen and oxygen atoms in total. The standard InChI is InChI=1S/C13H19F2NO3S/c1-9-7-18-12(6-17)5-16(9)4-10-2-3-11(19-10)8-20-13(14)15/h2-3,9,12-13,17H,4-8H2,1H3/t9-,12+/m1/s1. The van der Waals surface area contributed by atoms with Gasteiger partial charge in [-0.2, -0.15) is 8.78 Å². The van der Waals surface area contributed by atoms with Crippen LogP contribution in [0.4, 0.5) is 8.78 Å². The van der Waals surface area contributed by atoms with Gasteiger partial charge in [0.25, 0.3) is 5.76 Å². The quantitative estimate of drug-likeness (QED) is 0.874. The highest BCUT2D eigenvalue weighted by atomic mass is 32.2. The van der Waals surface area contributed by atoms with Crippen molar-refractivity contribution in [2.45, 2.75) is 37.1 Å². The van der Waals surface area contributed by atoms with Gasteiger partial charge in [0.2, 0.25) is 0 Å². The van der Waals surface area contributed by atoms with Crippen molar-refractivity contribution in [3.05, 3.63) is 23.7 Å². The van der Waals surface area contributed by atoms with Gasteiger partial charge in [-0.05, 0) is 19.1 Å². The van der Waals surface area contributed by atoms with Crippen molar-refractivity contribution in [1.29, 1.82) is 0 Å². The van der Waals surface area contributed by atoms with Crippen molar-refractivity contribution < 1.29 is 23.0 Å². The van der Waals surface area contributed by atoms with Gasteiger partial charge in [0.05, 0.1) is 31.6 Å². The molecule has 0 unspecified atom stereocenters. The van der Waals surface area contributed by atoms with Crippen molar-refractivity contribution in [2.24, 2.45) is 0 Å². The molecule has 7 heteroatoms. The second kappa shape index (κ2) is 7.40. The molecule has 0 aliphatic carbocycles. The van der Waals surface area contributed by atoms with Gasteiger partial charge in [-0.15, -0.1) is 0 Å². The third kappa shape index (κ3) is 4.44. The Bertz CT molecular complexity index is 416. The van der Waals surface area contributed by atoms with E-state index >= 15 is 0 Å². The Morgan fingerprint density at radius 1 is 1.45 bits per heavy atom. The Morgan fingerprint density at radius 3 is 2.90 bits per heavy atom. The molecule has 0 spiro atoms. The van der Waals surface area contributed by atoms with Crippen molar-refractivity contribution in [3.63, 3.8) is 0 Å². The second-order valence-corrected chi connectivity index (χ2v) is 5.83. The minimum Gasteiger partial charge on any atom is -0.464 e. The first kappa shape index (κ1) is 15.8. The number of halogens is 2. The normalized spacial score (nSPS) is 24.4. The van der Waals surface area contributed by atoms with Crippen LogP contribution < -0.4 is 0 Å². The molecule has 0 bridgehead atoms. The first-order valence-corrected chi connectivity index (χ1v) is 7.57. The number of thioether (sulfide) groups is 1. The number of alkyl halides is 2. The molecule has 0 amide bonds. The average Bonchev–Trinajstić information content (AvgIpc) is 2.86. The number of furan rings is 1. The van der Waals surface area contributed by atoms with Crippen LogP contribution in [0, 0.1) is 0 Å². The van der Waals surface area contributed by atoms with Gasteiger partial charge < -0.3 is 14.3 Å². The van der Waals surface area contributed by atoms with E-state index < -0.39 is 5.76 Å². The summed E-state index contributed by atoms with van der Waals surface area (Å²) in [7, 11) is 0. The summed E-state index contributed by atoms with van der Waals surface area (Å²) in [4.78, 5) is 2.16. The van der Waals surface area contributed by atoms with Gasteiger partial charge in [0.15, 0.2) is 0 Å². The smallest absolute Gasteiger partial charge is 0.284 e. The number of morpholine rings is 1. The van der Waals surface area contributed by atoms with Crippen molar-refractivity contribution in [3.8, 4) is 0 Å². The van der Waals surface area contributed by atoms with Crippen LogP contribution in [0.25, 0.3) is 0 Å². The Balaban J connectivity index is 1.88. The highest BCUT2D eigenvalue weighted by Gasteiger charge is 2.26. The van der Waals surface area contributed by atoms with Crippen molar-refractivity contribution >= 4 is 11.8 Å². The highest BCUT2D eigenvalue weighted by molar-refractivity contribution is 7.98. The summed E-state index contributed by atoms with van der Waals surface area (Å²) in [6, 6.07) is 3.79. The second-order valence-electron chi connectivity index (χ2n) is 4.86. The number of nitrogens with zero attached hydrogens (tertiary/aromatic N) is 1. The Morgan fingerprint density at radius 2 is 2.20 bits per heavy atom. The number of rotatable bonds is 6. The maximum atomic E-state index is 12.1. The number of aliphatic hydroxyl groups excluding tert-OH is 1. The summed E-state index contributed by atoms with van der Waals surface area (Å²) in [5, 5.41) is 9.14. The zero-order valence-electron chi connectivity index (χ0n) is 11.3. The van der Waals surface area contributed by atoms with Crippen LogP contribution in [0.5, 0.6) is 0 Å². The minimum absolute atomic E-state index is 0.00233. The zero-order chi connectivity index (χ0) is 14.5. The fraction of sp³-hybridized carbons (Fsp3) is 0.692. The van der Waals surface area contributed by atoms with E-state index in [1.807, 2.05) is 13.0 Å². The van der Waals surface area contributed by atoms with E-state index in [4.69, 9.17) is 14.3 Å². The van der Waals surface area contributed by atoms with Crippen LogP contribution in [0.2, 0.25) is 0 Å². The fourth-order valence-corrected chi connectivity index (χ4v) is 2.58. The van der Waals surface area contributed by atoms with Gasteiger partial charge in [-0.25, -0.2) is 0 Å². The molecule has 1 aromatic rings. The van der Waals surface area contributed by atoms with E-state index in [2.05, 4.69) is 4.90 Å². The summed E-state index contributed by atoms with van der Waals surface area (Å²) in [6.07, 6.45) is -0.171. The predicted octanol–water partition coefficient (Wildman–Crippen LogP) is 2.32. The van der Waals surface area contributed by atoms with E-state index in [0.717, 1.165) is 5.76 Å². The molecule has 0 saturated carbocycles. The molecule has 2 rings (SSSR count). The summed E-state index contributed by atoms with van der Waals surface area (Å²) in [5.74, 6) is -0.895. The lowest BCUT2D eigenvalue weighted by Crippen LogP contribution is -2.48. The molecule has 2 heterocycles. The summed E-state index contributed by atoms with van der Waals surface area (Å²) in [5.41, 5.74) is 0. The van der Waals surface area contributed by atoms with E-state index in [0.29, 0.717) is 37.2 Å². The Labute approximate surface area is 121 Å². The van der Waals surface area contributed by atoms with E-state index in [-0.39, 0.29) is 24.5 Å². The van der Waals surface area contributed by atoms with E-state index in [1.165, 1.54) is 0 Å². The van der Waals surface area contributed by atoms with Crippen LogP contribution >= 0.6 is 11.8 Å². The third-order valence-electron chi connectivity index (χ3n) is 3.27. The maximum absolute atomic E-state index is 12.1. The predicted molar refractivity (Wildman–Crippen MR) is 72.7 cm³/mol. The van der Waals surface area contributed by atoms with Crippen molar-refractivity contribution in [1.82, 2.24) is 4.90 Å². The molecule has 0 radical (unpaired) electrons. The van der Waals surface area contributed by atoms with Crippen LogP contribution in [0.1, 0.15) is 18.4 Å². The van der Waals surface area contributed by atoms with Gasteiger partial charge in [0, 0.05) is 12.6 Å². The topological polar surface area (TPSA) is 45.8 Å². The molecule has 1 fully saturated rings. The lowest BCUT2D eigenvalue weighted by Gasteiger charge is -2.36. The SMILES string of the molecule is C[C@@H]1CO[C@H](CO)CN1Cc1ccc(CSC(F)F)o1. The molecule has 20 heavy (non-hydrogen) atoms. The van der Waals surface area contributed by atoms with Gasteiger partial charge in [0.1, 0.15) is 11.5 Å². The fourth-order valence-electron chi connectivity index (χ4n) is 2.14. The van der Waals surface area contributed by atoms with Gasteiger partial charge >= 0.3 is 0 Å². The van der Waals surface area contributed by atoms with Crippen LogP contribution in [-0.2, 0) is 17.0 Å². The molecule has 1 saturated heterocycles. The summed E-state index contributed by atoms with van der Waals surface area (Å²) >= 11 is 0.555. The molecule has 114 valence electrons. The third-order valence-corrected chi connectivity index (χ3v) is 3.97. The number of hydrogen-bond acceptors (Lipinski definition) is 5. The molecule has 0 aromatic carbocycles. The molecule has 1 aliphatic heterocycles. The Hall–Kier alpha value is -0.630. The van der Waals surface area contributed by atoms with Crippen LogP contribution in [0.15, 0.2) is 16.5 Å². The maximum Gasteiger partial charge on any atom is 0.284 e. The molecular formula is C13H19F2NO3S. The average molecular weight is 307 g/mol. The van der Waals surface area contributed by atoms with Crippen LogP contribution in [-0.4, -0.2) is 47.7 Å². The van der Waals surface area contributed by atoms with E-state index in [9.17, 15) is 8.78 Å². The number of aliphatic hydroxyl groups is 1. The molecular weight excluding hydrogens is 288 g/mol. The summed E-state index contributed by atoms with van der Waals surface area (Å²) < 4.78 is 35.2. The van der Waals surface area contributed by atoms with Gasteiger partial charge in [-0.1, -0.05) is 11.8 Å². The first-order chi connectivity index (χ1) is 9.58. The number of hydrogen-bond donors (Lipinski definition) is 1. The highest BCUT2D eigenvalue weighted by Crippen LogP contribution is 2.22. The lowest BCUT2D eigenvalue weighted by atomic mass is 10.2. The van der Waals surface area contributed by atoms with Crippen LogP contribution in [0.3, 0.4) is 0 Å². The first-order valence-electron chi connectivity index (χ1n) is 6.52. The Kier molecular flexibility index (Phi) is 5.83. The van der Waals surface area contributed by atoms with Gasteiger partial charge in [-0.3, -0.25) is 4.90 Å². The summed E-state index contributed by atoms with van der Waals surface area (Å²) in [6.45, 7) is 3.85. The number of ether oxygens (including phenoxy) is 1. The van der Waals surface area contributed by atoms with E-state index in [1.54, 1.807) is 6.07 Å². The molecule has 2 atom stereocenters. The minimum atomic E-state index is -2.38. The monoisotopic (exact) mass is 307 g/mol. The lowest BCUT2D eigenvalue weighted by molar-refractivity contribution is -0.0820. The molecule has 1 N–H and O–H groups in total. The molecule has 1 aliphatic rings. The zero-order valence-corrected chi connectivity index (χ0v) is 12.1.